The zero-order valence-corrected chi connectivity index (χ0v) is 19.7. The monoisotopic (exact) mass is 431 g/mol. The summed E-state index contributed by atoms with van der Waals surface area (Å²) in [7, 11) is 1.79. The van der Waals surface area contributed by atoms with E-state index in [0.29, 0.717) is 19.0 Å². The zero-order valence-electron chi connectivity index (χ0n) is 19.7. The van der Waals surface area contributed by atoms with Crippen molar-refractivity contribution in [2.45, 2.75) is 59.0 Å². The SMILES string of the molecule is CN=C(NCc1cccc(NC(=O)CCN2CCOCC2)c1)NC(C)CCCC(C)C. The fraction of sp³-hybridized carbons (Fsp3) is 0.667. The van der Waals surface area contributed by atoms with Gasteiger partial charge in [-0.25, -0.2) is 0 Å². The van der Waals surface area contributed by atoms with Crippen molar-refractivity contribution in [3.05, 3.63) is 29.8 Å². The van der Waals surface area contributed by atoms with Crippen LogP contribution in [-0.4, -0.2) is 62.7 Å². The summed E-state index contributed by atoms with van der Waals surface area (Å²) in [6.07, 6.45) is 4.09. The lowest BCUT2D eigenvalue weighted by Crippen LogP contribution is -2.41. The zero-order chi connectivity index (χ0) is 22.5. The maximum atomic E-state index is 12.3. The van der Waals surface area contributed by atoms with Gasteiger partial charge < -0.3 is 20.7 Å². The lowest BCUT2D eigenvalue weighted by molar-refractivity contribution is -0.116. The maximum Gasteiger partial charge on any atom is 0.225 e. The van der Waals surface area contributed by atoms with E-state index in [0.717, 1.165) is 62.4 Å². The van der Waals surface area contributed by atoms with E-state index in [9.17, 15) is 4.79 Å². The van der Waals surface area contributed by atoms with Crippen molar-refractivity contribution >= 4 is 17.6 Å². The fourth-order valence-electron chi connectivity index (χ4n) is 3.59. The molecule has 1 unspecified atom stereocenters. The number of ether oxygens (including phenoxy) is 1. The number of aliphatic imine (C=N–C) groups is 1. The topological polar surface area (TPSA) is 78.0 Å². The summed E-state index contributed by atoms with van der Waals surface area (Å²) in [5.74, 6) is 1.60. The van der Waals surface area contributed by atoms with Crippen molar-refractivity contribution in [1.82, 2.24) is 15.5 Å². The Kier molecular flexibility index (Phi) is 11.4. The van der Waals surface area contributed by atoms with Crippen molar-refractivity contribution < 1.29 is 9.53 Å². The van der Waals surface area contributed by atoms with Crippen molar-refractivity contribution in [2.75, 3.05) is 45.2 Å². The van der Waals surface area contributed by atoms with Crippen molar-refractivity contribution in [3.8, 4) is 0 Å². The molecule has 1 aliphatic heterocycles. The lowest BCUT2D eigenvalue weighted by Gasteiger charge is -2.26. The van der Waals surface area contributed by atoms with Crippen LogP contribution < -0.4 is 16.0 Å². The molecule has 0 aromatic heterocycles. The molecule has 3 N–H and O–H groups in total. The minimum Gasteiger partial charge on any atom is -0.379 e. The first kappa shape index (κ1) is 25.1. The lowest BCUT2D eigenvalue weighted by atomic mass is 10.0. The molecule has 7 heteroatoms. The van der Waals surface area contributed by atoms with E-state index in [1.165, 1.54) is 12.8 Å². The van der Waals surface area contributed by atoms with Crippen molar-refractivity contribution in [1.29, 1.82) is 0 Å². The van der Waals surface area contributed by atoms with Crippen LogP contribution >= 0.6 is 0 Å². The Morgan fingerprint density at radius 2 is 1.97 bits per heavy atom. The second-order valence-corrected chi connectivity index (χ2v) is 8.75. The summed E-state index contributed by atoms with van der Waals surface area (Å²) >= 11 is 0. The molecule has 1 amide bonds. The number of guanidine groups is 1. The van der Waals surface area contributed by atoms with Crippen molar-refractivity contribution in [2.24, 2.45) is 10.9 Å². The van der Waals surface area contributed by atoms with Crippen LogP contribution in [0.25, 0.3) is 0 Å². The number of benzene rings is 1. The number of anilines is 1. The number of nitrogens with one attached hydrogen (secondary N) is 3. The molecule has 1 fully saturated rings. The van der Waals surface area contributed by atoms with Gasteiger partial charge in [0.25, 0.3) is 0 Å². The fourth-order valence-corrected chi connectivity index (χ4v) is 3.59. The Morgan fingerprint density at radius 1 is 1.19 bits per heavy atom. The first-order valence-electron chi connectivity index (χ1n) is 11.6. The number of hydrogen-bond acceptors (Lipinski definition) is 4. The van der Waals surface area contributed by atoms with Crippen LogP contribution in [-0.2, 0) is 16.1 Å². The summed E-state index contributed by atoms with van der Waals surface area (Å²) in [5.41, 5.74) is 1.93. The second kappa shape index (κ2) is 14.0. The van der Waals surface area contributed by atoms with Gasteiger partial charge in [0.1, 0.15) is 0 Å². The van der Waals surface area contributed by atoms with E-state index in [4.69, 9.17) is 4.74 Å². The molecule has 1 aliphatic rings. The van der Waals surface area contributed by atoms with E-state index < -0.39 is 0 Å². The average molecular weight is 432 g/mol. The van der Waals surface area contributed by atoms with Crippen LogP contribution in [0.4, 0.5) is 5.69 Å². The van der Waals surface area contributed by atoms with Gasteiger partial charge in [0.05, 0.1) is 13.2 Å². The molecule has 1 saturated heterocycles. The standard InChI is InChI=1S/C24H41N5O2/c1-19(2)7-5-8-20(3)27-24(25-4)26-18-21-9-6-10-22(17-21)28-23(30)11-12-29-13-15-31-16-14-29/h6,9-10,17,19-20H,5,7-8,11-16,18H2,1-4H3,(H,28,30)(H2,25,26,27). The molecule has 0 aliphatic carbocycles. The second-order valence-electron chi connectivity index (χ2n) is 8.75. The molecule has 0 spiro atoms. The van der Waals surface area contributed by atoms with E-state index in [1.807, 2.05) is 18.2 Å². The first-order valence-corrected chi connectivity index (χ1v) is 11.6. The van der Waals surface area contributed by atoms with E-state index in [1.54, 1.807) is 7.05 Å². The molecular weight excluding hydrogens is 390 g/mol. The quantitative estimate of drug-likeness (QED) is 0.370. The molecule has 0 bridgehead atoms. The van der Waals surface area contributed by atoms with Gasteiger partial charge in [-0.1, -0.05) is 38.8 Å². The summed E-state index contributed by atoms with van der Waals surface area (Å²) in [5, 5.41) is 9.85. The molecule has 31 heavy (non-hydrogen) atoms. The molecule has 1 aromatic rings. The predicted octanol–water partition coefficient (Wildman–Crippen LogP) is 3.23. The Bertz CT molecular complexity index is 686. The number of carbonyl (C=O) groups is 1. The van der Waals surface area contributed by atoms with Crippen molar-refractivity contribution in [3.63, 3.8) is 0 Å². The third kappa shape index (κ3) is 10.6. The normalized spacial score (nSPS) is 16.2. The molecule has 7 nitrogen and oxygen atoms in total. The maximum absolute atomic E-state index is 12.3. The highest BCUT2D eigenvalue weighted by Crippen LogP contribution is 2.12. The Balaban J connectivity index is 1.74. The predicted molar refractivity (Wildman–Crippen MR) is 128 cm³/mol. The Morgan fingerprint density at radius 3 is 2.68 bits per heavy atom. The molecule has 0 saturated carbocycles. The largest absolute Gasteiger partial charge is 0.379 e. The van der Waals surface area contributed by atoms with Gasteiger partial charge in [0.15, 0.2) is 5.96 Å². The van der Waals surface area contributed by atoms with Crippen LogP contribution in [0.1, 0.15) is 52.0 Å². The highest BCUT2D eigenvalue weighted by atomic mass is 16.5. The minimum atomic E-state index is 0.0456. The summed E-state index contributed by atoms with van der Waals surface area (Å²) in [6, 6.07) is 8.34. The Labute approximate surface area is 188 Å². The van der Waals surface area contributed by atoms with Crippen LogP contribution in [0.5, 0.6) is 0 Å². The van der Waals surface area contributed by atoms with Gasteiger partial charge in [-0.05, 0) is 37.0 Å². The van der Waals surface area contributed by atoms with Crippen LogP contribution in [0.15, 0.2) is 29.3 Å². The van der Waals surface area contributed by atoms with E-state index in [2.05, 4.69) is 52.7 Å². The molecule has 1 aromatic carbocycles. The van der Waals surface area contributed by atoms with E-state index >= 15 is 0 Å². The number of amides is 1. The van der Waals surface area contributed by atoms with Gasteiger partial charge in [-0.3, -0.25) is 14.7 Å². The third-order valence-corrected chi connectivity index (χ3v) is 5.45. The molecule has 1 heterocycles. The van der Waals surface area contributed by atoms with Gasteiger partial charge >= 0.3 is 0 Å². The van der Waals surface area contributed by atoms with Gasteiger partial charge in [0, 0.05) is 51.4 Å². The summed E-state index contributed by atoms with van der Waals surface area (Å²) in [4.78, 5) is 18.9. The van der Waals surface area contributed by atoms with Crippen LogP contribution in [0.2, 0.25) is 0 Å². The van der Waals surface area contributed by atoms with E-state index in [-0.39, 0.29) is 5.91 Å². The first-order chi connectivity index (χ1) is 15.0. The number of hydrogen-bond donors (Lipinski definition) is 3. The molecule has 1 atom stereocenters. The van der Waals surface area contributed by atoms with Crippen LogP contribution in [0.3, 0.4) is 0 Å². The summed E-state index contributed by atoms with van der Waals surface area (Å²) < 4.78 is 5.35. The highest BCUT2D eigenvalue weighted by molar-refractivity contribution is 5.90. The summed E-state index contributed by atoms with van der Waals surface area (Å²) in [6.45, 7) is 11.5. The van der Waals surface area contributed by atoms with Gasteiger partial charge in [-0.2, -0.15) is 0 Å². The molecule has 174 valence electrons. The Hall–Kier alpha value is -2.12. The van der Waals surface area contributed by atoms with Gasteiger partial charge in [0.2, 0.25) is 5.91 Å². The number of carbonyl (C=O) groups excluding carboxylic acids is 1. The molecule has 0 radical (unpaired) electrons. The smallest absolute Gasteiger partial charge is 0.225 e. The number of rotatable bonds is 11. The number of nitrogens with zero attached hydrogens (tertiary/aromatic N) is 2. The molecule has 2 rings (SSSR count). The minimum absolute atomic E-state index is 0.0456. The highest BCUT2D eigenvalue weighted by Gasteiger charge is 2.12. The third-order valence-electron chi connectivity index (χ3n) is 5.45. The van der Waals surface area contributed by atoms with Crippen LogP contribution in [0, 0.1) is 5.92 Å². The molecular formula is C24H41N5O2. The number of morpholine rings is 1. The average Bonchev–Trinajstić information content (AvgIpc) is 2.76. The van der Waals surface area contributed by atoms with Gasteiger partial charge in [-0.15, -0.1) is 0 Å².